The van der Waals surface area contributed by atoms with E-state index in [1.165, 1.54) is 18.4 Å². The van der Waals surface area contributed by atoms with Crippen LogP contribution in [0, 0.1) is 0 Å². The molecule has 3 nitrogen and oxygen atoms in total. The first-order chi connectivity index (χ1) is 8.70. The van der Waals surface area contributed by atoms with E-state index < -0.39 is 0 Å². The van der Waals surface area contributed by atoms with E-state index in [-0.39, 0.29) is 6.10 Å². The van der Waals surface area contributed by atoms with Crippen molar-refractivity contribution >= 4 is 0 Å². The van der Waals surface area contributed by atoms with Crippen LogP contribution in [0.1, 0.15) is 31.7 Å². The predicted octanol–water partition coefficient (Wildman–Crippen LogP) is 2.43. The lowest BCUT2D eigenvalue weighted by molar-refractivity contribution is 0.0316. The molecule has 1 heterocycles. The average molecular weight is 249 g/mol. The van der Waals surface area contributed by atoms with Gasteiger partial charge in [-0.15, -0.1) is 0 Å². The number of hydrogen-bond acceptors (Lipinski definition) is 3. The van der Waals surface area contributed by atoms with E-state index >= 15 is 0 Å². The van der Waals surface area contributed by atoms with E-state index in [1.807, 2.05) is 19.1 Å². The maximum absolute atomic E-state index is 9.85. The Morgan fingerprint density at radius 3 is 2.67 bits per heavy atom. The van der Waals surface area contributed by atoms with Gasteiger partial charge >= 0.3 is 0 Å². The SMILES string of the molecule is COc1ccc(CN2CCCCC2C(C)O)cc1. The summed E-state index contributed by atoms with van der Waals surface area (Å²) in [6.07, 6.45) is 3.32. The van der Waals surface area contributed by atoms with Gasteiger partial charge in [0.15, 0.2) is 0 Å². The molecule has 0 aliphatic carbocycles. The lowest BCUT2D eigenvalue weighted by Crippen LogP contribution is -2.45. The van der Waals surface area contributed by atoms with Gasteiger partial charge in [-0.3, -0.25) is 4.90 Å². The minimum Gasteiger partial charge on any atom is -0.497 e. The molecule has 2 unspecified atom stereocenters. The van der Waals surface area contributed by atoms with Crippen molar-refractivity contribution in [2.24, 2.45) is 0 Å². The van der Waals surface area contributed by atoms with Crippen LogP contribution in [0.4, 0.5) is 0 Å². The first-order valence-electron chi connectivity index (χ1n) is 6.76. The Bertz CT molecular complexity index is 361. The molecule has 1 aliphatic rings. The van der Waals surface area contributed by atoms with E-state index in [4.69, 9.17) is 4.74 Å². The van der Waals surface area contributed by atoms with Crippen LogP contribution in [0.15, 0.2) is 24.3 Å². The van der Waals surface area contributed by atoms with Crippen molar-refractivity contribution in [3.05, 3.63) is 29.8 Å². The molecule has 0 spiro atoms. The van der Waals surface area contributed by atoms with Crippen molar-refractivity contribution in [1.82, 2.24) is 4.90 Å². The Morgan fingerprint density at radius 1 is 1.33 bits per heavy atom. The minimum atomic E-state index is -0.247. The van der Waals surface area contributed by atoms with Crippen LogP contribution >= 0.6 is 0 Å². The summed E-state index contributed by atoms with van der Waals surface area (Å²) in [4.78, 5) is 2.40. The maximum Gasteiger partial charge on any atom is 0.118 e. The molecule has 2 rings (SSSR count). The minimum absolute atomic E-state index is 0.247. The molecule has 0 aromatic heterocycles. The van der Waals surface area contributed by atoms with Gasteiger partial charge in [0.1, 0.15) is 5.75 Å². The summed E-state index contributed by atoms with van der Waals surface area (Å²) >= 11 is 0. The summed E-state index contributed by atoms with van der Waals surface area (Å²) in [5.74, 6) is 0.893. The number of benzene rings is 1. The van der Waals surface area contributed by atoms with E-state index in [2.05, 4.69) is 17.0 Å². The smallest absolute Gasteiger partial charge is 0.118 e. The molecule has 1 fully saturated rings. The fraction of sp³-hybridized carbons (Fsp3) is 0.600. The molecule has 2 atom stereocenters. The first-order valence-corrected chi connectivity index (χ1v) is 6.76. The van der Waals surface area contributed by atoms with Gasteiger partial charge in [0.05, 0.1) is 13.2 Å². The third kappa shape index (κ3) is 3.24. The number of hydrogen-bond donors (Lipinski definition) is 1. The van der Waals surface area contributed by atoms with Crippen LogP contribution in [0.5, 0.6) is 5.75 Å². The molecule has 0 saturated carbocycles. The summed E-state index contributed by atoms with van der Waals surface area (Å²) in [7, 11) is 1.68. The van der Waals surface area contributed by atoms with Crippen LogP contribution < -0.4 is 4.74 Å². The Labute approximate surface area is 109 Å². The molecule has 1 N–H and O–H groups in total. The molecule has 0 bridgehead atoms. The number of nitrogens with zero attached hydrogens (tertiary/aromatic N) is 1. The Morgan fingerprint density at radius 2 is 2.06 bits per heavy atom. The number of likely N-dealkylation sites (tertiary alicyclic amines) is 1. The Hall–Kier alpha value is -1.06. The molecular weight excluding hydrogens is 226 g/mol. The molecule has 1 aromatic carbocycles. The van der Waals surface area contributed by atoms with Gasteiger partial charge in [0, 0.05) is 12.6 Å². The lowest BCUT2D eigenvalue weighted by atomic mass is 9.97. The Balaban J connectivity index is 2.01. The van der Waals surface area contributed by atoms with Gasteiger partial charge in [-0.1, -0.05) is 18.6 Å². The molecule has 1 aromatic rings. The van der Waals surface area contributed by atoms with Crippen LogP contribution in [-0.2, 0) is 6.54 Å². The van der Waals surface area contributed by atoms with Crippen LogP contribution in [0.3, 0.4) is 0 Å². The highest BCUT2D eigenvalue weighted by Gasteiger charge is 2.25. The summed E-state index contributed by atoms with van der Waals surface area (Å²) in [6, 6.07) is 8.51. The molecule has 3 heteroatoms. The first kappa shape index (κ1) is 13.4. The van der Waals surface area contributed by atoms with Gasteiger partial charge in [0.25, 0.3) is 0 Å². The summed E-state index contributed by atoms with van der Waals surface area (Å²) in [5, 5.41) is 9.85. The van der Waals surface area contributed by atoms with Crippen LogP contribution in [0.2, 0.25) is 0 Å². The van der Waals surface area contributed by atoms with Gasteiger partial charge < -0.3 is 9.84 Å². The number of ether oxygens (including phenoxy) is 1. The lowest BCUT2D eigenvalue weighted by Gasteiger charge is -2.37. The number of aliphatic hydroxyl groups excluding tert-OH is 1. The number of aliphatic hydroxyl groups is 1. The average Bonchev–Trinajstić information content (AvgIpc) is 2.40. The zero-order valence-electron chi connectivity index (χ0n) is 11.3. The topological polar surface area (TPSA) is 32.7 Å². The normalized spacial score (nSPS) is 22.7. The number of methoxy groups -OCH3 is 1. The summed E-state index contributed by atoms with van der Waals surface area (Å²) in [6.45, 7) is 3.90. The molecular formula is C15H23NO2. The van der Waals surface area contributed by atoms with Gasteiger partial charge in [0.2, 0.25) is 0 Å². The number of piperidine rings is 1. The quantitative estimate of drug-likeness (QED) is 0.889. The molecule has 1 aliphatic heterocycles. The van der Waals surface area contributed by atoms with E-state index in [0.717, 1.165) is 25.3 Å². The van der Waals surface area contributed by atoms with E-state index in [1.54, 1.807) is 7.11 Å². The van der Waals surface area contributed by atoms with Crippen LogP contribution in [0.25, 0.3) is 0 Å². The second-order valence-electron chi connectivity index (χ2n) is 5.12. The summed E-state index contributed by atoms with van der Waals surface area (Å²) < 4.78 is 5.16. The largest absolute Gasteiger partial charge is 0.497 e. The molecule has 18 heavy (non-hydrogen) atoms. The van der Waals surface area contributed by atoms with E-state index in [0.29, 0.717) is 6.04 Å². The predicted molar refractivity (Wildman–Crippen MR) is 72.7 cm³/mol. The van der Waals surface area contributed by atoms with Crippen molar-refractivity contribution < 1.29 is 9.84 Å². The second-order valence-corrected chi connectivity index (χ2v) is 5.12. The Kier molecular flexibility index (Phi) is 4.61. The molecule has 1 saturated heterocycles. The summed E-state index contributed by atoms with van der Waals surface area (Å²) in [5.41, 5.74) is 1.28. The highest BCUT2D eigenvalue weighted by molar-refractivity contribution is 5.27. The molecule has 0 amide bonds. The van der Waals surface area contributed by atoms with Crippen molar-refractivity contribution in [1.29, 1.82) is 0 Å². The zero-order valence-corrected chi connectivity index (χ0v) is 11.3. The van der Waals surface area contributed by atoms with Gasteiger partial charge in [-0.2, -0.15) is 0 Å². The van der Waals surface area contributed by atoms with Crippen molar-refractivity contribution in [2.45, 2.75) is 44.9 Å². The highest BCUT2D eigenvalue weighted by Crippen LogP contribution is 2.22. The monoisotopic (exact) mass is 249 g/mol. The van der Waals surface area contributed by atoms with E-state index in [9.17, 15) is 5.11 Å². The van der Waals surface area contributed by atoms with Crippen molar-refractivity contribution in [2.75, 3.05) is 13.7 Å². The number of rotatable bonds is 4. The molecule has 100 valence electrons. The van der Waals surface area contributed by atoms with Crippen molar-refractivity contribution in [3.8, 4) is 5.75 Å². The zero-order chi connectivity index (χ0) is 13.0. The van der Waals surface area contributed by atoms with Gasteiger partial charge in [-0.05, 0) is 44.0 Å². The standard InChI is InChI=1S/C15H23NO2/c1-12(17)15-5-3-4-10-16(15)11-13-6-8-14(18-2)9-7-13/h6-9,12,15,17H,3-5,10-11H2,1-2H3. The van der Waals surface area contributed by atoms with Gasteiger partial charge in [-0.25, -0.2) is 0 Å². The highest BCUT2D eigenvalue weighted by atomic mass is 16.5. The molecule has 0 radical (unpaired) electrons. The third-order valence-electron chi connectivity index (χ3n) is 3.77. The second kappa shape index (κ2) is 6.21. The van der Waals surface area contributed by atoms with Crippen molar-refractivity contribution in [3.63, 3.8) is 0 Å². The third-order valence-corrected chi connectivity index (χ3v) is 3.77. The fourth-order valence-electron chi connectivity index (χ4n) is 2.72. The van der Waals surface area contributed by atoms with Crippen LogP contribution in [-0.4, -0.2) is 35.8 Å². The fourth-order valence-corrected chi connectivity index (χ4v) is 2.72. The maximum atomic E-state index is 9.85.